The Balaban J connectivity index is 1.79. The van der Waals surface area contributed by atoms with E-state index in [4.69, 9.17) is 0 Å². The number of para-hydroxylation sites is 3. The van der Waals surface area contributed by atoms with Crippen molar-refractivity contribution in [3.8, 4) is 0 Å². The average Bonchev–Trinajstić information content (AvgIpc) is 3.27. The minimum absolute atomic E-state index is 0.133. The molecule has 0 fully saturated rings. The number of anilines is 2. The first-order chi connectivity index (χ1) is 16.2. The molecule has 6 rings (SSSR count). The molecule has 33 heavy (non-hydrogen) atoms. The van der Waals surface area contributed by atoms with E-state index in [1.165, 1.54) is 0 Å². The van der Waals surface area contributed by atoms with E-state index in [-0.39, 0.29) is 11.5 Å². The number of fused-ring (bicyclic) bond motifs is 4. The van der Waals surface area contributed by atoms with E-state index in [9.17, 15) is 9.59 Å². The van der Waals surface area contributed by atoms with Gasteiger partial charge < -0.3 is 4.98 Å². The van der Waals surface area contributed by atoms with Gasteiger partial charge in [-0.05, 0) is 42.5 Å². The summed E-state index contributed by atoms with van der Waals surface area (Å²) >= 11 is 0. The smallest absolute Gasteiger partial charge is 0.264 e. The maximum atomic E-state index is 13.9. The lowest BCUT2D eigenvalue weighted by Crippen LogP contribution is -2.28. The normalized spacial score (nSPS) is 11.3. The topological polar surface area (TPSA) is 70.5 Å². The Hall–Kier alpha value is -4.71. The van der Waals surface area contributed by atoms with E-state index in [1.807, 2.05) is 72.8 Å². The van der Waals surface area contributed by atoms with Crippen molar-refractivity contribution in [3.63, 3.8) is 0 Å². The Morgan fingerprint density at radius 3 is 2.24 bits per heavy atom. The van der Waals surface area contributed by atoms with Crippen LogP contribution in [0.1, 0.15) is 10.4 Å². The van der Waals surface area contributed by atoms with E-state index in [0.717, 1.165) is 11.0 Å². The summed E-state index contributed by atoms with van der Waals surface area (Å²) in [6, 6.07) is 27.9. The van der Waals surface area contributed by atoms with Crippen LogP contribution >= 0.6 is 0 Å². The van der Waals surface area contributed by atoms with Crippen molar-refractivity contribution in [1.82, 2.24) is 14.4 Å². The molecule has 0 bridgehead atoms. The number of aromatic nitrogens is 3. The lowest BCUT2D eigenvalue weighted by Gasteiger charge is -2.25. The second-order valence-corrected chi connectivity index (χ2v) is 7.74. The van der Waals surface area contributed by atoms with E-state index < -0.39 is 0 Å². The molecule has 0 spiro atoms. The van der Waals surface area contributed by atoms with E-state index in [1.54, 1.807) is 39.9 Å². The maximum Gasteiger partial charge on any atom is 0.264 e. The van der Waals surface area contributed by atoms with Gasteiger partial charge in [0.05, 0.1) is 16.7 Å². The SMILES string of the molecule is O=C(c1ccncc1)N(c1ccccc1)c1c2ccccc2c(=O)n2c1[nH]c1ccccc12. The fourth-order valence-corrected chi connectivity index (χ4v) is 4.35. The predicted octanol–water partition coefficient (Wildman–Crippen LogP) is 5.31. The fourth-order valence-electron chi connectivity index (χ4n) is 4.35. The number of H-pyrrole nitrogens is 1. The molecular formula is C27H18N4O2. The molecule has 6 heteroatoms. The highest BCUT2D eigenvalue weighted by Gasteiger charge is 2.26. The quantitative estimate of drug-likeness (QED) is 0.414. The minimum Gasteiger partial charge on any atom is -0.338 e. The number of nitrogens with one attached hydrogen (secondary N) is 1. The van der Waals surface area contributed by atoms with Crippen LogP contribution in [0.5, 0.6) is 0 Å². The summed E-state index contributed by atoms with van der Waals surface area (Å²) in [6.07, 6.45) is 3.20. The number of carbonyl (C=O) groups excluding carboxylic acids is 1. The molecule has 0 atom stereocenters. The van der Waals surface area contributed by atoms with E-state index in [2.05, 4.69) is 9.97 Å². The van der Waals surface area contributed by atoms with Crippen LogP contribution in [-0.4, -0.2) is 20.3 Å². The van der Waals surface area contributed by atoms with E-state index in [0.29, 0.717) is 33.4 Å². The average molecular weight is 430 g/mol. The summed E-state index contributed by atoms with van der Waals surface area (Å²) in [6.45, 7) is 0. The van der Waals surface area contributed by atoms with Crippen molar-refractivity contribution in [2.24, 2.45) is 0 Å². The van der Waals surface area contributed by atoms with Gasteiger partial charge in [-0.3, -0.25) is 23.9 Å². The van der Waals surface area contributed by atoms with Gasteiger partial charge in [-0.15, -0.1) is 0 Å². The molecular weight excluding hydrogens is 412 g/mol. The highest BCUT2D eigenvalue weighted by Crippen LogP contribution is 2.37. The second kappa shape index (κ2) is 7.46. The van der Waals surface area contributed by atoms with Crippen molar-refractivity contribution in [3.05, 3.63) is 119 Å². The highest BCUT2D eigenvalue weighted by molar-refractivity contribution is 6.18. The molecule has 6 nitrogen and oxygen atoms in total. The highest BCUT2D eigenvalue weighted by atomic mass is 16.2. The number of amides is 1. The Morgan fingerprint density at radius 1 is 0.788 bits per heavy atom. The predicted molar refractivity (Wildman–Crippen MR) is 130 cm³/mol. The first-order valence-electron chi connectivity index (χ1n) is 10.6. The first-order valence-corrected chi connectivity index (χ1v) is 10.6. The maximum absolute atomic E-state index is 13.9. The van der Waals surface area contributed by atoms with Crippen LogP contribution in [-0.2, 0) is 0 Å². The number of aromatic amines is 1. The minimum atomic E-state index is -0.215. The number of pyridine rings is 2. The molecule has 0 unspecified atom stereocenters. The van der Waals surface area contributed by atoms with Crippen LogP contribution in [0.2, 0.25) is 0 Å². The zero-order valence-corrected chi connectivity index (χ0v) is 17.5. The second-order valence-electron chi connectivity index (χ2n) is 7.74. The Bertz CT molecular complexity index is 1700. The first kappa shape index (κ1) is 19.0. The third kappa shape index (κ3) is 2.92. The Kier molecular flexibility index (Phi) is 4.30. The van der Waals surface area contributed by atoms with Gasteiger partial charge in [0.25, 0.3) is 11.5 Å². The molecule has 6 aromatic rings. The van der Waals surface area contributed by atoms with Crippen LogP contribution in [0, 0.1) is 0 Å². The Labute approximate surface area is 188 Å². The van der Waals surface area contributed by atoms with Crippen LogP contribution in [0.4, 0.5) is 11.4 Å². The zero-order valence-electron chi connectivity index (χ0n) is 17.5. The molecule has 3 heterocycles. The van der Waals surface area contributed by atoms with Crippen molar-refractivity contribution in [2.75, 3.05) is 4.90 Å². The summed E-state index contributed by atoms with van der Waals surface area (Å²) in [5.41, 5.74) is 3.82. The number of imidazole rings is 1. The zero-order chi connectivity index (χ0) is 22.4. The molecule has 0 aliphatic rings. The lowest BCUT2D eigenvalue weighted by atomic mass is 10.1. The van der Waals surface area contributed by atoms with Gasteiger partial charge in [-0.25, -0.2) is 0 Å². The fraction of sp³-hybridized carbons (Fsp3) is 0. The van der Waals surface area contributed by atoms with Crippen LogP contribution < -0.4 is 10.5 Å². The number of rotatable bonds is 3. The molecule has 0 aliphatic heterocycles. The van der Waals surface area contributed by atoms with E-state index >= 15 is 0 Å². The van der Waals surface area contributed by atoms with Gasteiger partial charge in [0.15, 0.2) is 0 Å². The number of hydrogen-bond acceptors (Lipinski definition) is 3. The summed E-state index contributed by atoms with van der Waals surface area (Å²) < 4.78 is 1.66. The molecule has 158 valence electrons. The molecule has 0 saturated heterocycles. The number of benzene rings is 3. The van der Waals surface area contributed by atoms with Crippen molar-refractivity contribution >= 4 is 44.7 Å². The van der Waals surface area contributed by atoms with Gasteiger partial charge >= 0.3 is 0 Å². The number of nitrogens with zero attached hydrogens (tertiary/aromatic N) is 3. The summed E-state index contributed by atoms with van der Waals surface area (Å²) in [5, 5.41) is 1.23. The van der Waals surface area contributed by atoms with Gasteiger partial charge in [0.1, 0.15) is 5.65 Å². The summed E-state index contributed by atoms with van der Waals surface area (Å²) in [4.78, 5) is 36.6. The monoisotopic (exact) mass is 430 g/mol. The Morgan fingerprint density at radius 2 is 1.45 bits per heavy atom. The van der Waals surface area contributed by atoms with Crippen molar-refractivity contribution in [2.45, 2.75) is 0 Å². The lowest BCUT2D eigenvalue weighted by molar-refractivity contribution is 0.0999. The molecule has 3 aromatic carbocycles. The molecule has 0 saturated carbocycles. The molecule has 1 N–H and O–H groups in total. The van der Waals surface area contributed by atoms with Gasteiger partial charge in [0.2, 0.25) is 0 Å². The third-order valence-electron chi connectivity index (χ3n) is 5.83. The molecule has 3 aromatic heterocycles. The standard InChI is InChI=1S/C27H18N4O2/c32-26(18-14-16-28-17-15-18)30(19-8-2-1-3-9-19)24-20-10-4-5-11-21(20)27(33)31-23-13-7-6-12-22(23)29-25(24)31/h1-17,29H. The molecule has 0 radical (unpaired) electrons. The van der Waals surface area contributed by atoms with Gasteiger partial charge in [-0.2, -0.15) is 0 Å². The summed E-state index contributed by atoms with van der Waals surface area (Å²) in [7, 11) is 0. The molecule has 0 aliphatic carbocycles. The largest absolute Gasteiger partial charge is 0.338 e. The number of carbonyl (C=O) groups is 1. The van der Waals surface area contributed by atoms with Crippen LogP contribution in [0.15, 0.2) is 108 Å². The van der Waals surface area contributed by atoms with Gasteiger partial charge in [-0.1, -0.05) is 48.5 Å². The molecule has 1 amide bonds. The third-order valence-corrected chi connectivity index (χ3v) is 5.83. The number of hydrogen-bond donors (Lipinski definition) is 1. The summed E-state index contributed by atoms with van der Waals surface area (Å²) in [5.74, 6) is -0.215. The van der Waals surface area contributed by atoms with Crippen molar-refractivity contribution in [1.29, 1.82) is 0 Å². The van der Waals surface area contributed by atoms with Crippen LogP contribution in [0.3, 0.4) is 0 Å². The van der Waals surface area contributed by atoms with Gasteiger partial charge in [0, 0.05) is 34.4 Å². The van der Waals surface area contributed by atoms with Crippen molar-refractivity contribution < 1.29 is 4.79 Å². The van der Waals surface area contributed by atoms with Crippen LogP contribution in [0.25, 0.3) is 27.5 Å².